The van der Waals surface area contributed by atoms with Gasteiger partial charge in [-0.05, 0) is 50.0 Å². The number of rotatable bonds is 3. The quantitative estimate of drug-likeness (QED) is 0.910. The zero-order valence-corrected chi connectivity index (χ0v) is 11.9. The van der Waals surface area contributed by atoms with Crippen LogP contribution in [0.2, 0.25) is 5.02 Å². The molecule has 2 N–H and O–H groups in total. The van der Waals surface area contributed by atoms with E-state index in [9.17, 15) is 4.39 Å². The normalized spacial score (nSPS) is 16.5. The van der Waals surface area contributed by atoms with E-state index < -0.39 is 5.82 Å². The van der Waals surface area contributed by atoms with E-state index in [-0.39, 0.29) is 5.02 Å². The van der Waals surface area contributed by atoms with E-state index in [4.69, 9.17) is 11.6 Å². The number of halogens is 2. The molecule has 0 saturated carbocycles. The van der Waals surface area contributed by atoms with Gasteiger partial charge in [-0.1, -0.05) is 11.6 Å². The summed E-state index contributed by atoms with van der Waals surface area (Å²) in [6, 6.07) is 4.72. The number of piperidine rings is 1. The lowest BCUT2D eigenvalue weighted by Crippen LogP contribution is -2.28. The second-order valence-corrected chi connectivity index (χ2v) is 5.68. The van der Waals surface area contributed by atoms with Crippen molar-refractivity contribution in [1.82, 2.24) is 15.3 Å². The number of nitrogens with one attached hydrogen (secondary N) is 2. The van der Waals surface area contributed by atoms with E-state index in [1.807, 2.05) is 0 Å². The van der Waals surface area contributed by atoms with Crippen molar-refractivity contribution >= 4 is 11.6 Å². The molecule has 1 aliphatic heterocycles. The average molecular weight is 294 g/mol. The number of aromatic amines is 1. The zero-order valence-electron chi connectivity index (χ0n) is 11.1. The van der Waals surface area contributed by atoms with Gasteiger partial charge in [0.15, 0.2) is 0 Å². The molecule has 1 saturated heterocycles. The second-order valence-electron chi connectivity index (χ2n) is 5.27. The van der Waals surface area contributed by atoms with Crippen LogP contribution in [0.5, 0.6) is 0 Å². The Morgan fingerprint density at radius 1 is 1.30 bits per heavy atom. The minimum Gasteiger partial charge on any atom is -0.342 e. The van der Waals surface area contributed by atoms with Crippen molar-refractivity contribution in [2.75, 3.05) is 13.1 Å². The zero-order chi connectivity index (χ0) is 13.9. The predicted octanol–water partition coefficient (Wildman–Crippen LogP) is 3.41. The van der Waals surface area contributed by atoms with Crippen LogP contribution < -0.4 is 5.32 Å². The number of aromatic nitrogens is 2. The van der Waals surface area contributed by atoms with Gasteiger partial charge in [-0.25, -0.2) is 9.37 Å². The molecule has 0 radical (unpaired) electrons. The number of imidazole rings is 1. The molecule has 0 unspecified atom stereocenters. The van der Waals surface area contributed by atoms with Crippen molar-refractivity contribution < 1.29 is 4.39 Å². The van der Waals surface area contributed by atoms with Crippen LogP contribution in [0.15, 0.2) is 24.4 Å². The van der Waals surface area contributed by atoms with E-state index in [1.54, 1.807) is 18.3 Å². The first-order chi connectivity index (χ1) is 9.72. The van der Waals surface area contributed by atoms with E-state index >= 15 is 0 Å². The summed E-state index contributed by atoms with van der Waals surface area (Å²) in [5.74, 6) is 1.28. The van der Waals surface area contributed by atoms with Gasteiger partial charge in [0.1, 0.15) is 11.6 Å². The first-order valence-electron chi connectivity index (χ1n) is 6.92. The number of nitrogens with zero attached hydrogens (tertiary/aromatic N) is 1. The molecule has 106 valence electrons. The lowest BCUT2D eigenvalue weighted by Gasteiger charge is -2.21. The fourth-order valence-electron chi connectivity index (χ4n) is 2.64. The van der Waals surface area contributed by atoms with Crippen molar-refractivity contribution in [3.8, 4) is 11.3 Å². The molecule has 5 heteroatoms. The van der Waals surface area contributed by atoms with Gasteiger partial charge in [0, 0.05) is 12.0 Å². The van der Waals surface area contributed by atoms with Crippen molar-refractivity contribution in [1.29, 1.82) is 0 Å². The van der Waals surface area contributed by atoms with Crippen molar-refractivity contribution in [2.45, 2.75) is 19.3 Å². The Labute approximate surface area is 122 Å². The maximum atomic E-state index is 13.2. The Morgan fingerprint density at radius 2 is 2.10 bits per heavy atom. The fourth-order valence-corrected chi connectivity index (χ4v) is 2.82. The summed E-state index contributed by atoms with van der Waals surface area (Å²) in [5, 5.41) is 3.50. The monoisotopic (exact) mass is 293 g/mol. The smallest absolute Gasteiger partial charge is 0.141 e. The topological polar surface area (TPSA) is 40.7 Å². The maximum absolute atomic E-state index is 13.2. The number of hydrogen-bond donors (Lipinski definition) is 2. The van der Waals surface area contributed by atoms with Crippen LogP contribution in [0.1, 0.15) is 18.7 Å². The summed E-state index contributed by atoms with van der Waals surface area (Å²) < 4.78 is 13.2. The molecule has 3 nitrogen and oxygen atoms in total. The highest BCUT2D eigenvalue weighted by Crippen LogP contribution is 2.24. The molecule has 2 aromatic rings. The van der Waals surface area contributed by atoms with Crippen LogP contribution in [0, 0.1) is 11.7 Å². The van der Waals surface area contributed by atoms with Crippen LogP contribution in [-0.2, 0) is 6.42 Å². The summed E-state index contributed by atoms with van der Waals surface area (Å²) >= 11 is 5.81. The van der Waals surface area contributed by atoms with Gasteiger partial charge in [0.05, 0.1) is 16.9 Å². The van der Waals surface area contributed by atoms with Gasteiger partial charge in [-0.15, -0.1) is 0 Å². The Kier molecular flexibility index (Phi) is 4.03. The molecule has 1 aliphatic rings. The standard InChI is InChI=1S/C15H17ClFN3/c16-12-8-11(1-2-13(12)17)14-9-19-15(20-14)7-10-3-5-18-6-4-10/h1-2,8-10,18H,3-7H2,(H,19,20). The van der Waals surface area contributed by atoms with Gasteiger partial charge in [0.25, 0.3) is 0 Å². The molecule has 0 spiro atoms. The lowest BCUT2D eigenvalue weighted by atomic mass is 9.94. The summed E-state index contributed by atoms with van der Waals surface area (Å²) in [6.07, 6.45) is 5.15. The van der Waals surface area contributed by atoms with Gasteiger partial charge in [-0.2, -0.15) is 0 Å². The minimum absolute atomic E-state index is 0.136. The van der Waals surface area contributed by atoms with Crippen molar-refractivity contribution in [2.24, 2.45) is 5.92 Å². The fraction of sp³-hybridized carbons (Fsp3) is 0.400. The molecule has 0 amide bonds. The number of hydrogen-bond acceptors (Lipinski definition) is 2. The van der Waals surface area contributed by atoms with Crippen molar-refractivity contribution in [3.05, 3.63) is 41.1 Å². The molecule has 0 bridgehead atoms. The third kappa shape index (κ3) is 3.02. The third-order valence-electron chi connectivity index (χ3n) is 3.80. The van der Waals surface area contributed by atoms with Gasteiger partial charge in [0.2, 0.25) is 0 Å². The van der Waals surface area contributed by atoms with Crippen LogP contribution in [0.4, 0.5) is 4.39 Å². The summed E-state index contributed by atoms with van der Waals surface area (Å²) in [7, 11) is 0. The molecule has 0 atom stereocenters. The van der Waals surface area contributed by atoms with Gasteiger partial charge >= 0.3 is 0 Å². The first kappa shape index (κ1) is 13.6. The first-order valence-corrected chi connectivity index (χ1v) is 7.30. The summed E-state index contributed by atoms with van der Waals surface area (Å²) in [6.45, 7) is 2.18. The predicted molar refractivity (Wildman–Crippen MR) is 78.3 cm³/mol. The molecule has 0 aliphatic carbocycles. The largest absolute Gasteiger partial charge is 0.342 e. The SMILES string of the molecule is Fc1ccc(-c2cnc(CC3CCNCC3)[nH]2)cc1Cl. The molecule has 1 aromatic heterocycles. The third-order valence-corrected chi connectivity index (χ3v) is 4.09. The Balaban J connectivity index is 1.73. The van der Waals surface area contributed by atoms with E-state index in [0.29, 0.717) is 5.92 Å². The maximum Gasteiger partial charge on any atom is 0.141 e. The van der Waals surface area contributed by atoms with Crippen molar-refractivity contribution in [3.63, 3.8) is 0 Å². The van der Waals surface area contributed by atoms with Crippen LogP contribution >= 0.6 is 11.6 Å². The van der Waals surface area contributed by atoms with Crippen LogP contribution in [0.3, 0.4) is 0 Å². The second kappa shape index (κ2) is 5.94. The summed E-state index contributed by atoms with van der Waals surface area (Å²) in [5.41, 5.74) is 1.75. The highest BCUT2D eigenvalue weighted by Gasteiger charge is 2.15. The van der Waals surface area contributed by atoms with Crippen LogP contribution in [-0.4, -0.2) is 23.1 Å². The molecule has 1 fully saturated rings. The highest BCUT2D eigenvalue weighted by atomic mass is 35.5. The number of benzene rings is 1. The molecule has 3 rings (SSSR count). The van der Waals surface area contributed by atoms with Gasteiger partial charge < -0.3 is 10.3 Å². The van der Waals surface area contributed by atoms with E-state index in [0.717, 1.165) is 36.6 Å². The molecule has 2 heterocycles. The Morgan fingerprint density at radius 3 is 2.85 bits per heavy atom. The highest BCUT2D eigenvalue weighted by molar-refractivity contribution is 6.31. The van der Waals surface area contributed by atoms with E-state index in [2.05, 4.69) is 15.3 Å². The van der Waals surface area contributed by atoms with E-state index in [1.165, 1.54) is 18.9 Å². The summed E-state index contributed by atoms with van der Waals surface area (Å²) in [4.78, 5) is 7.74. The number of H-pyrrole nitrogens is 1. The van der Waals surface area contributed by atoms with Gasteiger partial charge in [-0.3, -0.25) is 0 Å². The van der Waals surface area contributed by atoms with Crippen LogP contribution in [0.25, 0.3) is 11.3 Å². The minimum atomic E-state index is -0.398. The molecule has 1 aromatic carbocycles. The molecular formula is C15H17ClFN3. The lowest BCUT2D eigenvalue weighted by molar-refractivity contribution is 0.368. The molecular weight excluding hydrogens is 277 g/mol. The Bertz CT molecular complexity index is 591. The molecule has 20 heavy (non-hydrogen) atoms. The average Bonchev–Trinajstić information content (AvgIpc) is 2.91. The Hall–Kier alpha value is -1.39.